The first-order valence-electron chi connectivity index (χ1n) is 6.57. The molecular formula is C15H24N2O2. The molecule has 0 bridgehead atoms. The van der Waals surface area contributed by atoms with E-state index in [1.165, 1.54) is 0 Å². The van der Waals surface area contributed by atoms with Gasteiger partial charge in [0.1, 0.15) is 5.75 Å². The van der Waals surface area contributed by atoms with Gasteiger partial charge in [-0.15, -0.1) is 0 Å². The third-order valence-electron chi connectivity index (χ3n) is 2.55. The fraction of sp³-hybridized carbons (Fsp3) is 0.533. The summed E-state index contributed by atoms with van der Waals surface area (Å²) >= 11 is 0. The molecule has 1 unspecified atom stereocenters. The number of carbonyl (C=O) groups is 1. The lowest BCUT2D eigenvalue weighted by atomic mass is 9.88. The Morgan fingerprint density at radius 3 is 2.53 bits per heavy atom. The van der Waals surface area contributed by atoms with Crippen LogP contribution in [0.25, 0.3) is 0 Å². The van der Waals surface area contributed by atoms with E-state index in [0.717, 1.165) is 6.42 Å². The molecule has 106 valence electrons. The molecule has 1 amide bonds. The zero-order chi connectivity index (χ0) is 14.3. The zero-order valence-electron chi connectivity index (χ0n) is 12.0. The van der Waals surface area contributed by atoms with Crippen molar-refractivity contribution in [1.29, 1.82) is 0 Å². The van der Waals surface area contributed by atoms with E-state index in [0.29, 0.717) is 12.3 Å². The highest BCUT2D eigenvalue weighted by atomic mass is 16.5. The van der Waals surface area contributed by atoms with Crippen molar-refractivity contribution in [2.45, 2.75) is 33.2 Å². The molecular weight excluding hydrogens is 240 g/mol. The van der Waals surface area contributed by atoms with E-state index in [4.69, 9.17) is 10.5 Å². The summed E-state index contributed by atoms with van der Waals surface area (Å²) in [5.74, 6) is 0.546. The second-order valence-corrected chi connectivity index (χ2v) is 5.93. The van der Waals surface area contributed by atoms with Gasteiger partial charge in [-0.05, 0) is 24.0 Å². The minimum absolute atomic E-state index is 0.0201. The molecule has 19 heavy (non-hydrogen) atoms. The molecule has 1 atom stereocenters. The number of hydrogen-bond donors (Lipinski definition) is 2. The maximum absolute atomic E-state index is 11.6. The number of nitrogens with two attached hydrogens (primary N) is 1. The molecule has 0 fully saturated rings. The lowest BCUT2D eigenvalue weighted by Crippen LogP contribution is -2.41. The molecule has 0 radical (unpaired) electrons. The van der Waals surface area contributed by atoms with Crippen LogP contribution in [0.4, 0.5) is 0 Å². The summed E-state index contributed by atoms with van der Waals surface area (Å²) in [5, 5.41) is 2.79. The Morgan fingerprint density at radius 1 is 1.32 bits per heavy atom. The van der Waals surface area contributed by atoms with Gasteiger partial charge in [0, 0.05) is 12.6 Å². The molecule has 1 aromatic carbocycles. The second kappa shape index (κ2) is 7.14. The van der Waals surface area contributed by atoms with Crippen molar-refractivity contribution in [1.82, 2.24) is 5.32 Å². The lowest BCUT2D eigenvalue weighted by Gasteiger charge is -2.23. The summed E-state index contributed by atoms with van der Waals surface area (Å²) in [6.45, 7) is 6.90. The molecule has 0 heterocycles. The van der Waals surface area contributed by atoms with Gasteiger partial charge in [-0.3, -0.25) is 4.79 Å². The van der Waals surface area contributed by atoms with Crippen LogP contribution >= 0.6 is 0 Å². The van der Waals surface area contributed by atoms with Crippen LogP contribution in [0.1, 0.15) is 27.2 Å². The average Bonchev–Trinajstić information content (AvgIpc) is 2.33. The Labute approximate surface area is 115 Å². The quantitative estimate of drug-likeness (QED) is 0.825. The lowest BCUT2D eigenvalue weighted by molar-refractivity contribution is -0.123. The van der Waals surface area contributed by atoms with E-state index in [9.17, 15) is 4.79 Å². The molecule has 1 aromatic rings. The number of hydrogen-bond acceptors (Lipinski definition) is 3. The molecule has 3 N–H and O–H groups in total. The van der Waals surface area contributed by atoms with E-state index in [-0.39, 0.29) is 24.0 Å². The predicted molar refractivity (Wildman–Crippen MR) is 77.0 cm³/mol. The number of benzene rings is 1. The van der Waals surface area contributed by atoms with Crippen LogP contribution in [0.2, 0.25) is 0 Å². The molecule has 4 heteroatoms. The van der Waals surface area contributed by atoms with E-state index in [1.807, 2.05) is 30.3 Å². The summed E-state index contributed by atoms with van der Waals surface area (Å²) in [4.78, 5) is 11.6. The van der Waals surface area contributed by atoms with E-state index in [2.05, 4.69) is 26.1 Å². The van der Waals surface area contributed by atoms with Crippen LogP contribution in [-0.4, -0.2) is 25.1 Å². The van der Waals surface area contributed by atoms with Crippen LogP contribution in [0.5, 0.6) is 5.75 Å². The Bertz CT molecular complexity index is 385. The predicted octanol–water partition coefficient (Wildman–Crippen LogP) is 1.95. The smallest absolute Gasteiger partial charge is 0.257 e. The van der Waals surface area contributed by atoms with Gasteiger partial charge >= 0.3 is 0 Å². The third kappa shape index (κ3) is 7.47. The highest BCUT2D eigenvalue weighted by molar-refractivity contribution is 5.77. The van der Waals surface area contributed by atoms with Crippen molar-refractivity contribution < 1.29 is 9.53 Å². The topological polar surface area (TPSA) is 64.3 Å². The number of ether oxygens (including phenoxy) is 1. The Morgan fingerprint density at radius 2 is 1.95 bits per heavy atom. The summed E-state index contributed by atoms with van der Waals surface area (Å²) in [6.07, 6.45) is 0.868. The standard InChI is InChI=1S/C15H24N2O2/c1-15(2,3)9-12(16)10-17-14(18)11-19-13-7-5-4-6-8-13/h4-8,12H,9-11,16H2,1-3H3,(H,17,18). The minimum Gasteiger partial charge on any atom is -0.484 e. The maximum atomic E-state index is 11.6. The third-order valence-corrected chi connectivity index (χ3v) is 2.55. The van der Waals surface area contributed by atoms with Gasteiger partial charge in [0.05, 0.1) is 0 Å². The van der Waals surface area contributed by atoms with Crippen LogP contribution in [-0.2, 0) is 4.79 Å². The molecule has 0 aliphatic rings. The molecule has 0 aromatic heterocycles. The molecule has 1 rings (SSSR count). The molecule has 0 aliphatic heterocycles. The largest absolute Gasteiger partial charge is 0.484 e. The number of rotatable bonds is 6. The minimum atomic E-state index is -0.145. The van der Waals surface area contributed by atoms with Crippen LogP contribution in [0, 0.1) is 5.41 Å². The summed E-state index contributed by atoms with van der Waals surface area (Å²) < 4.78 is 5.35. The Hall–Kier alpha value is -1.55. The normalized spacial score (nSPS) is 12.8. The zero-order valence-corrected chi connectivity index (χ0v) is 12.0. The van der Waals surface area contributed by atoms with Crippen LogP contribution in [0.3, 0.4) is 0 Å². The van der Waals surface area contributed by atoms with Crippen LogP contribution in [0.15, 0.2) is 30.3 Å². The van der Waals surface area contributed by atoms with Gasteiger partial charge in [-0.2, -0.15) is 0 Å². The first kappa shape index (κ1) is 15.5. The van der Waals surface area contributed by atoms with Gasteiger partial charge in [-0.1, -0.05) is 39.0 Å². The summed E-state index contributed by atoms with van der Waals surface area (Å²) in [6, 6.07) is 9.25. The molecule has 4 nitrogen and oxygen atoms in total. The molecule has 0 spiro atoms. The van der Waals surface area contributed by atoms with Crippen molar-refractivity contribution in [2.75, 3.05) is 13.2 Å². The summed E-state index contributed by atoms with van der Waals surface area (Å²) in [7, 11) is 0. The van der Waals surface area contributed by atoms with E-state index >= 15 is 0 Å². The van der Waals surface area contributed by atoms with Gasteiger partial charge in [0.15, 0.2) is 6.61 Å². The Balaban J connectivity index is 2.21. The highest BCUT2D eigenvalue weighted by Gasteiger charge is 2.16. The highest BCUT2D eigenvalue weighted by Crippen LogP contribution is 2.19. The number of carbonyl (C=O) groups excluding carboxylic acids is 1. The average molecular weight is 264 g/mol. The van der Waals surface area contributed by atoms with Gasteiger partial charge in [-0.25, -0.2) is 0 Å². The van der Waals surface area contributed by atoms with E-state index < -0.39 is 0 Å². The molecule has 0 saturated carbocycles. The Kier molecular flexibility index (Phi) is 5.83. The van der Waals surface area contributed by atoms with Crippen molar-refractivity contribution in [3.8, 4) is 5.75 Å². The number of nitrogens with one attached hydrogen (secondary N) is 1. The monoisotopic (exact) mass is 264 g/mol. The maximum Gasteiger partial charge on any atom is 0.257 e. The van der Waals surface area contributed by atoms with Crippen molar-refractivity contribution >= 4 is 5.91 Å². The van der Waals surface area contributed by atoms with Crippen molar-refractivity contribution in [3.63, 3.8) is 0 Å². The fourth-order valence-electron chi connectivity index (χ4n) is 1.82. The first-order valence-corrected chi connectivity index (χ1v) is 6.57. The molecule has 0 aliphatic carbocycles. The van der Waals surface area contributed by atoms with Gasteiger partial charge < -0.3 is 15.8 Å². The fourth-order valence-corrected chi connectivity index (χ4v) is 1.82. The first-order chi connectivity index (χ1) is 8.87. The number of amides is 1. The van der Waals surface area contributed by atoms with Gasteiger partial charge in [0.25, 0.3) is 5.91 Å². The molecule has 0 saturated heterocycles. The van der Waals surface area contributed by atoms with E-state index in [1.54, 1.807) is 0 Å². The summed E-state index contributed by atoms with van der Waals surface area (Å²) in [5.41, 5.74) is 6.13. The second-order valence-electron chi connectivity index (χ2n) is 5.93. The van der Waals surface area contributed by atoms with Gasteiger partial charge in [0.2, 0.25) is 0 Å². The number of para-hydroxylation sites is 1. The van der Waals surface area contributed by atoms with Crippen LogP contribution < -0.4 is 15.8 Å². The van der Waals surface area contributed by atoms with Crippen molar-refractivity contribution in [2.24, 2.45) is 11.1 Å². The van der Waals surface area contributed by atoms with Crippen molar-refractivity contribution in [3.05, 3.63) is 30.3 Å². The SMILES string of the molecule is CC(C)(C)CC(N)CNC(=O)COc1ccccc1.